The van der Waals surface area contributed by atoms with Crippen molar-refractivity contribution in [3.63, 3.8) is 0 Å². The number of nitrogens with zero attached hydrogens (tertiary/aromatic N) is 3. The van der Waals surface area contributed by atoms with E-state index in [0.29, 0.717) is 11.3 Å². The predicted molar refractivity (Wildman–Crippen MR) is 44.0 cm³/mol. The lowest BCUT2D eigenvalue weighted by molar-refractivity contribution is 0.308. The standard InChI is InChI=1S/C8H6FN3O2/c1-13-8-6(9)2-5(3-10-8)7-4-11-14-12-7/h2-4H,1H3. The van der Waals surface area contributed by atoms with Crippen molar-refractivity contribution in [2.75, 3.05) is 7.11 Å². The third-order valence-electron chi connectivity index (χ3n) is 1.66. The zero-order chi connectivity index (χ0) is 9.97. The predicted octanol–water partition coefficient (Wildman–Crippen LogP) is 1.28. The fourth-order valence-corrected chi connectivity index (χ4v) is 1.01. The molecule has 2 aromatic rings. The third kappa shape index (κ3) is 1.41. The van der Waals surface area contributed by atoms with Crippen LogP contribution in [0.2, 0.25) is 0 Å². The summed E-state index contributed by atoms with van der Waals surface area (Å²) in [5, 5.41) is 6.95. The first-order valence-corrected chi connectivity index (χ1v) is 3.78. The van der Waals surface area contributed by atoms with Gasteiger partial charge in [0.15, 0.2) is 5.82 Å². The molecule has 0 fully saturated rings. The van der Waals surface area contributed by atoms with E-state index in [-0.39, 0.29) is 5.88 Å². The monoisotopic (exact) mass is 195 g/mol. The smallest absolute Gasteiger partial charge is 0.250 e. The van der Waals surface area contributed by atoms with E-state index in [9.17, 15) is 4.39 Å². The number of aromatic nitrogens is 3. The van der Waals surface area contributed by atoms with Gasteiger partial charge in [0.25, 0.3) is 0 Å². The largest absolute Gasteiger partial charge is 0.479 e. The minimum absolute atomic E-state index is 0.0507. The van der Waals surface area contributed by atoms with Crippen LogP contribution in [0.5, 0.6) is 5.88 Å². The topological polar surface area (TPSA) is 61.0 Å². The zero-order valence-corrected chi connectivity index (χ0v) is 7.27. The quantitative estimate of drug-likeness (QED) is 0.722. The van der Waals surface area contributed by atoms with Gasteiger partial charge in [0.2, 0.25) is 5.88 Å². The first-order chi connectivity index (χ1) is 6.81. The summed E-state index contributed by atoms with van der Waals surface area (Å²) in [6.07, 6.45) is 2.81. The van der Waals surface area contributed by atoms with Crippen LogP contribution in [-0.2, 0) is 0 Å². The number of hydrogen-bond donors (Lipinski definition) is 0. The lowest BCUT2D eigenvalue weighted by atomic mass is 10.2. The second-order valence-electron chi connectivity index (χ2n) is 2.51. The highest BCUT2D eigenvalue weighted by atomic mass is 19.1. The van der Waals surface area contributed by atoms with Crippen LogP contribution in [0.1, 0.15) is 0 Å². The van der Waals surface area contributed by atoms with Crippen LogP contribution in [0.25, 0.3) is 11.3 Å². The number of rotatable bonds is 2. The van der Waals surface area contributed by atoms with E-state index in [4.69, 9.17) is 0 Å². The lowest BCUT2D eigenvalue weighted by Crippen LogP contribution is -1.92. The van der Waals surface area contributed by atoms with Gasteiger partial charge in [0.1, 0.15) is 5.69 Å². The van der Waals surface area contributed by atoms with Crippen molar-refractivity contribution < 1.29 is 13.8 Å². The van der Waals surface area contributed by atoms with E-state index < -0.39 is 5.82 Å². The summed E-state index contributed by atoms with van der Waals surface area (Å²) in [6.45, 7) is 0. The average Bonchev–Trinajstić information content (AvgIpc) is 2.70. The Bertz CT molecular complexity index is 430. The molecule has 0 radical (unpaired) electrons. The van der Waals surface area contributed by atoms with Crippen LogP contribution >= 0.6 is 0 Å². The molecular formula is C8H6FN3O2. The Morgan fingerprint density at radius 2 is 2.29 bits per heavy atom. The highest BCUT2D eigenvalue weighted by Crippen LogP contribution is 2.20. The summed E-state index contributed by atoms with van der Waals surface area (Å²) in [6, 6.07) is 1.26. The Balaban J connectivity index is 2.43. The number of methoxy groups -OCH3 is 1. The van der Waals surface area contributed by atoms with Gasteiger partial charge in [0.05, 0.1) is 13.3 Å². The molecule has 0 aliphatic carbocycles. The molecule has 2 aromatic heterocycles. The van der Waals surface area contributed by atoms with Gasteiger partial charge in [-0.25, -0.2) is 14.0 Å². The highest BCUT2D eigenvalue weighted by molar-refractivity contribution is 5.56. The normalized spacial score (nSPS) is 10.1. The van der Waals surface area contributed by atoms with Crippen molar-refractivity contribution >= 4 is 0 Å². The van der Waals surface area contributed by atoms with Crippen LogP contribution < -0.4 is 4.74 Å². The molecule has 14 heavy (non-hydrogen) atoms. The van der Waals surface area contributed by atoms with Crippen LogP contribution in [-0.4, -0.2) is 22.4 Å². The van der Waals surface area contributed by atoms with Gasteiger partial charge in [-0.15, -0.1) is 0 Å². The Hall–Kier alpha value is -1.98. The fourth-order valence-electron chi connectivity index (χ4n) is 1.01. The summed E-state index contributed by atoms with van der Waals surface area (Å²) in [5.74, 6) is -0.599. The second kappa shape index (κ2) is 3.41. The summed E-state index contributed by atoms with van der Waals surface area (Å²) < 4.78 is 22.2. The average molecular weight is 195 g/mol. The lowest BCUT2D eigenvalue weighted by Gasteiger charge is -2.00. The van der Waals surface area contributed by atoms with Gasteiger partial charge < -0.3 is 4.74 Å². The maximum Gasteiger partial charge on any atom is 0.250 e. The van der Waals surface area contributed by atoms with Gasteiger partial charge in [-0.1, -0.05) is 5.16 Å². The van der Waals surface area contributed by atoms with E-state index in [1.54, 1.807) is 0 Å². The Morgan fingerprint density at radius 1 is 1.43 bits per heavy atom. The third-order valence-corrected chi connectivity index (χ3v) is 1.66. The number of halogens is 1. The summed E-state index contributed by atoms with van der Waals surface area (Å²) in [5.41, 5.74) is 0.920. The SMILES string of the molecule is COc1ncc(-c2cnon2)cc1F. The first kappa shape index (κ1) is 8.61. The highest BCUT2D eigenvalue weighted by Gasteiger charge is 2.08. The van der Waals surface area contributed by atoms with Crippen molar-refractivity contribution in [1.82, 2.24) is 15.3 Å². The minimum atomic E-state index is -0.548. The molecule has 0 saturated carbocycles. The Morgan fingerprint density at radius 3 is 2.86 bits per heavy atom. The van der Waals surface area contributed by atoms with Gasteiger partial charge in [0, 0.05) is 11.8 Å². The van der Waals surface area contributed by atoms with Gasteiger partial charge >= 0.3 is 0 Å². The first-order valence-electron chi connectivity index (χ1n) is 3.78. The molecule has 5 nitrogen and oxygen atoms in total. The molecule has 72 valence electrons. The van der Waals surface area contributed by atoms with E-state index in [2.05, 4.69) is 24.7 Å². The molecule has 0 N–H and O–H groups in total. The van der Waals surface area contributed by atoms with E-state index in [0.717, 1.165) is 0 Å². The van der Waals surface area contributed by atoms with Crippen LogP contribution in [0, 0.1) is 5.82 Å². The molecule has 6 heteroatoms. The summed E-state index contributed by atoms with van der Waals surface area (Å²) in [4.78, 5) is 3.75. The van der Waals surface area contributed by atoms with Crippen molar-refractivity contribution in [3.8, 4) is 17.1 Å². The fraction of sp³-hybridized carbons (Fsp3) is 0.125. The molecule has 2 heterocycles. The van der Waals surface area contributed by atoms with Crippen molar-refractivity contribution in [2.45, 2.75) is 0 Å². The molecule has 0 aromatic carbocycles. The van der Waals surface area contributed by atoms with Crippen LogP contribution in [0.3, 0.4) is 0 Å². The van der Waals surface area contributed by atoms with Gasteiger partial charge in [-0.05, 0) is 11.2 Å². The number of hydrogen-bond acceptors (Lipinski definition) is 5. The van der Waals surface area contributed by atoms with Crippen molar-refractivity contribution in [3.05, 3.63) is 24.3 Å². The van der Waals surface area contributed by atoms with Crippen molar-refractivity contribution in [1.29, 1.82) is 0 Å². The van der Waals surface area contributed by atoms with E-state index in [1.165, 1.54) is 25.6 Å². The maximum atomic E-state index is 13.2. The molecule has 0 atom stereocenters. The number of pyridine rings is 1. The molecular weight excluding hydrogens is 189 g/mol. The molecule has 0 amide bonds. The Kier molecular flexibility index (Phi) is 2.10. The summed E-state index contributed by atoms with van der Waals surface area (Å²) in [7, 11) is 1.35. The van der Waals surface area contributed by atoms with Crippen LogP contribution in [0.15, 0.2) is 23.1 Å². The molecule has 0 saturated heterocycles. The van der Waals surface area contributed by atoms with Gasteiger partial charge in [-0.2, -0.15) is 0 Å². The second-order valence-corrected chi connectivity index (χ2v) is 2.51. The number of ether oxygens (including phenoxy) is 1. The molecule has 0 aliphatic rings. The van der Waals surface area contributed by atoms with E-state index >= 15 is 0 Å². The van der Waals surface area contributed by atoms with E-state index in [1.807, 2.05) is 0 Å². The molecule has 0 spiro atoms. The molecule has 0 aliphatic heterocycles. The van der Waals surface area contributed by atoms with Gasteiger partial charge in [-0.3, -0.25) is 0 Å². The molecule has 0 unspecified atom stereocenters. The Labute approximate surface area is 78.5 Å². The minimum Gasteiger partial charge on any atom is -0.479 e. The maximum absolute atomic E-state index is 13.2. The van der Waals surface area contributed by atoms with Crippen molar-refractivity contribution in [2.24, 2.45) is 0 Å². The zero-order valence-electron chi connectivity index (χ0n) is 7.27. The molecule has 0 bridgehead atoms. The van der Waals surface area contributed by atoms with Crippen LogP contribution in [0.4, 0.5) is 4.39 Å². The molecule has 2 rings (SSSR count). The summed E-state index contributed by atoms with van der Waals surface area (Å²) >= 11 is 0.